The Bertz CT molecular complexity index is 384. The van der Waals surface area contributed by atoms with Gasteiger partial charge in [0.2, 0.25) is 5.78 Å². The average molecular weight is 234 g/mol. The van der Waals surface area contributed by atoms with Gasteiger partial charge in [0.1, 0.15) is 0 Å². The Kier molecular flexibility index (Phi) is 3.77. The number of rotatable bonds is 3. The predicted molar refractivity (Wildman–Crippen MR) is 64.4 cm³/mol. The number of hydrogen-bond acceptors (Lipinski definition) is 3. The molecule has 0 amide bonds. The van der Waals surface area contributed by atoms with Crippen LogP contribution >= 0.6 is 0 Å². The minimum atomic E-state index is -0.132. The highest BCUT2D eigenvalue weighted by Gasteiger charge is 2.25. The van der Waals surface area contributed by atoms with E-state index >= 15 is 0 Å². The van der Waals surface area contributed by atoms with Crippen molar-refractivity contribution in [3.8, 4) is 0 Å². The van der Waals surface area contributed by atoms with E-state index < -0.39 is 0 Å². The Morgan fingerprint density at radius 2 is 1.88 bits per heavy atom. The Labute approximate surface area is 102 Å². The van der Waals surface area contributed by atoms with Gasteiger partial charge in [-0.3, -0.25) is 9.59 Å². The van der Waals surface area contributed by atoms with E-state index in [0.717, 1.165) is 6.42 Å². The van der Waals surface area contributed by atoms with Gasteiger partial charge in [-0.15, -0.1) is 0 Å². The number of ketones is 2. The molecular formula is C14H18O3. The summed E-state index contributed by atoms with van der Waals surface area (Å²) in [6.45, 7) is 0. The molecule has 92 valence electrons. The SMILES string of the molecule is COC1=CC(=O)C=C(CC2CCCCC2)C1=O. The highest BCUT2D eigenvalue weighted by molar-refractivity contribution is 6.19. The van der Waals surface area contributed by atoms with Gasteiger partial charge in [0.15, 0.2) is 11.5 Å². The molecule has 2 aliphatic carbocycles. The van der Waals surface area contributed by atoms with Crippen LogP contribution in [-0.2, 0) is 14.3 Å². The molecule has 0 heterocycles. The number of allylic oxidation sites excluding steroid dienone is 3. The lowest BCUT2D eigenvalue weighted by Crippen LogP contribution is -2.18. The second kappa shape index (κ2) is 5.30. The van der Waals surface area contributed by atoms with Crippen molar-refractivity contribution in [1.82, 2.24) is 0 Å². The van der Waals surface area contributed by atoms with Crippen molar-refractivity contribution >= 4 is 11.6 Å². The van der Waals surface area contributed by atoms with E-state index in [0.29, 0.717) is 11.5 Å². The summed E-state index contributed by atoms with van der Waals surface area (Å²) in [6.07, 6.45) is 9.60. The van der Waals surface area contributed by atoms with E-state index in [9.17, 15) is 9.59 Å². The van der Waals surface area contributed by atoms with E-state index in [4.69, 9.17) is 4.74 Å². The van der Waals surface area contributed by atoms with E-state index in [1.54, 1.807) is 0 Å². The number of hydrogen-bond donors (Lipinski definition) is 0. The number of Topliss-reactive ketones (excluding diaryl/α,β-unsaturated/α-hetero) is 1. The fourth-order valence-corrected chi connectivity index (χ4v) is 2.64. The molecule has 2 rings (SSSR count). The van der Waals surface area contributed by atoms with Gasteiger partial charge in [-0.2, -0.15) is 0 Å². The Balaban J connectivity index is 2.05. The van der Waals surface area contributed by atoms with Crippen LogP contribution in [0.15, 0.2) is 23.5 Å². The number of carbonyl (C=O) groups is 2. The predicted octanol–water partition coefficient (Wildman–Crippen LogP) is 2.57. The zero-order valence-electron chi connectivity index (χ0n) is 10.2. The molecule has 3 heteroatoms. The van der Waals surface area contributed by atoms with Crippen molar-refractivity contribution in [2.45, 2.75) is 38.5 Å². The largest absolute Gasteiger partial charge is 0.493 e. The smallest absolute Gasteiger partial charge is 0.223 e. The van der Waals surface area contributed by atoms with Crippen molar-refractivity contribution in [2.24, 2.45) is 5.92 Å². The van der Waals surface area contributed by atoms with Crippen LogP contribution in [0.5, 0.6) is 0 Å². The van der Waals surface area contributed by atoms with Crippen molar-refractivity contribution < 1.29 is 14.3 Å². The van der Waals surface area contributed by atoms with Gasteiger partial charge in [0.25, 0.3) is 0 Å². The Hall–Kier alpha value is -1.38. The van der Waals surface area contributed by atoms with Crippen LogP contribution in [0.3, 0.4) is 0 Å². The van der Waals surface area contributed by atoms with E-state index in [1.165, 1.54) is 51.4 Å². The first-order valence-electron chi connectivity index (χ1n) is 6.25. The first kappa shape index (κ1) is 12.1. The van der Waals surface area contributed by atoms with Crippen LogP contribution in [0.1, 0.15) is 38.5 Å². The second-order valence-electron chi connectivity index (χ2n) is 4.82. The third-order valence-electron chi connectivity index (χ3n) is 3.56. The summed E-state index contributed by atoms with van der Waals surface area (Å²) in [5.74, 6) is 0.496. The van der Waals surface area contributed by atoms with Gasteiger partial charge in [-0.1, -0.05) is 32.1 Å². The molecule has 0 bridgehead atoms. The van der Waals surface area contributed by atoms with Crippen molar-refractivity contribution in [1.29, 1.82) is 0 Å². The molecule has 0 aromatic rings. The van der Waals surface area contributed by atoms with Crippen LogP contribution in [-0.4, -0.2) is 18.7 Å². The van der Waals surface area contributed by atoms with Crippen molar-refractivity contribution in [3.63, 3.8) is 0 Å². The molecule has 1 fully saturated rings. The average Bonchev–Trinajstić information content (AvgIpc) is 2.34. The fraction of sp³-hybridized carbons (Fsp3) is 0.571. The molecule has 3 nitrogen and oxygen atoms in total. The first-order chi connectivity index (χ1) is 8.20. The lowest BCUT2D eigenvalue weighted by Gasteiger charge is -2.23. The molecule has 17 heavy (non-hydrogen) atoms. The Morgan fingerprint density at radius 3 is 2.53 bits per heavy atom. The van der Waals surface area contributed by atoms with Gasteiger partial charge in [0, 0.05) is 11.6 Å². The summed E-state index contributed by atoms with van der Waals surface area (Å²) >= 11 is 0. The van der Waals surface area contributed by atoms with Crippen molar-refractivity contribution in [2.75, 3.05) is 7.11 Å². The van der Waals surface area contributed by atoms with Crippen LogP contribution < -0.4 is 0 Å². The van der Waals surface area contributed by atoms with Gasteiger partial charge in [-0.25, -0.2) is 0 Å². The highest BCUT2D eigenvalue weighted by atomic mass is 16.5. The lowest BCUT2D eigenvalue weighted by molar-refractivity contribution is -0.117. The topological polar surface area (TPSA) is 43.4 Å². The number of ether oxygens (including phenoxy) is 1. The maximum absolute atomic E-state index is 12.0. The third kappa shape index (κ3) is 2.84. The van der Waals surface area contributed by atoms with Crippen LogP contribution in [0.4, 0.5) is 0 Å². The number of carbonyl (C=O) groups excluding carboxylic acids is 2. The monoisotopic (exact) mass is 234 g/mol. The van der Waals surface area contributed by atoms with Gasteiger partial charge in [-0.05, 0) is 18.4 Å². The van der Waals surface area contributed by atoms with E-state index in [1.807, 2.05) is 0 Å². The van der Waals surface area contributed by atoms with E-state index in [2.05, 4.69) is 0 Å². The molecule has 0 saturated heterocycles. The molecule has 1 saturated carbocycles. The summed E-state index contributed by atoms with van der Waals surface area (Å²) in [5, 5.41) is 0. The molecule has 0 unspecified atom stereocenters. The minimum absolute atomic E-state index is 0.113. The van der Waals surface area contributed by atoms with Crippen LogP contribution in [0, 0.1) is 5.92 Å². The molecule has 0 aromatic carbocycles. The fourth-order valence-electron chi connectivity index (χ4n) is 2.64. The Morgan fingerprint density at radius 1 is 1.18 bits per heavy atom. The second-order valence-corrected chi connectivity index (χ2v) is 4.82. The zero-order chi connectivity index (χ0) is 12.3. The molecule has 0 aromatic heterocycles. The van der Waals surface area contributed by atoms with Gasteiger partial charge < -0.3 is 4.74 Å². The minimum Gasteiger partial charge on any atom is -0.493 e. The number of methoxy groups -OCH3 is 1. The summed E-state index contributed by atoms with van der Waals surface area (Å²) < 4.78 is 4.94. The van der Waals surface area contributed by atoms with Crippen LogP contribution in [0.25, 0.3) is 0 Å². The van der Waals surface area contributed by atoms with Crippen molar-refractivity contribution in [3.05, 3.63) is 23.5 Å². The molecule has 0 atom stereocenters. The van der Waals surface area contributed by atoms with E-state index in [-0.39, 0.29) is 17.3 Å². The molecule has 0 spiro atoms. The van der Waals surface area contributed by atoms with Gasteiger partial charge in [0.05, 0.1) is 7.11 Å². The first-order valence-corrected chi connectivity index (χ1v) is 6.25. The molecule has 2 aliphatic rings. The van der Waals surface area contributed by atoms with Crippen LogP contribution in [0.2, 0.25) is 0 Å². The molecule has 0 aliphatic heterocycles. The highest BCUT2D eigenvalue weighted by Crippen LogP contribution is 2.30. The van der Waals surface area contributed by atoms with Gasteiger partial charge >= 0.3 is 0 Å². The summed E-state index contributed by atoms with van der Waals surface area (Å²) in [6, 6.07) is 0. The third-order valence-corrected chi connectivity index (χ3v) is 3.56. The summed E-state index contributed by atoms with van der Waals surface area (Å²) in [7, 11) is 1.43. The normalized spacial score (nSPS) is 22.2. The molecule has 0 N–H and O–H groups in total. The lowest BCUT2D eigenvalue weighted by atomic mass is 9.82. The molecule has 0 radical (unpaired) electrons. The standard InChI is InChI=1S/C14H18O3/c1-17-13-9-12(15)8-11(14(13)16)7-10-5-3-2-4-6-10/h8-10H,2-7H2,1H3. The molecular weight excluding hydrogens is 216 g/mol. The summed E-state index contributed by atoms with van der Waals surface area (Å²) in [5.41, 5.74) is 0.626. The summed E-state index contributed by atoms with van der Waals surface area (Å²) in [4.78, 5) is 23.4. The maximum Gasteiger partial charge on any atom is 0.223 e. The zero-order valence-corrected chi connectivity index (χ0v) is 10.2. The quantitative estimate of drug-likeness (QED) is 0.705. The maximum atomic E-state index is 12.0.